The van der Waals surface area contributed by atoms with Crippen molar-refractivity contribution in [2.24, 2.45) is 5.41 Å². The van der Waals surface area contributed by atoms with Crippen molar-refractivity contribution in [3.8, 4) is 0 Å². The van der Waals surface area contributed by atoms with Crippen LogP contribution in [0.2, 0.25) is 0 Å². The van der Waals surface area contributed by atoms with Crippen LogP contribution in [-0.4, -0.2) is 0 Å². The minimum Gasteiger partial charge on any atom is -0.0961 e. The van der Waals surface area contributed by atoms with Crippen molar-refractivity contribution in [2.45, 2.75) is 34.1 Å². The van der Waals surface area contributed by atoms with Gasteiger partial charge in [0.15, 0.2) is 0 Å². The second kappa shape index (κ2) is 3.60. The van der Waals surface area contributed by atoms with Crippen LogP contribution in [0.15, 0.2) is 24.3 Å². The second-order valence-electron chi connectivity index (χ2n) is 3.52. The first-order valence-electron chi connectivity index (χ1n) is 3.82. The Morgan fingerprint density at radius 2 is 2.00 bits per heavy atom. The van der Waals surface area contributed by atoms with Gasteiger partial charge in [-0.05, 0) is 18.8 Å². The van der Waals surface area contributed by atoms with Crippen molar-refractivity contribution in [1.82, 2.24) is 0 Å². The maximum atomic E-state index is 3.81. The molecule has 0 heterocycles. The summed E-state index contributed by atoms with van der Waals surface area (Å²) in [7, 11) is 0. The van der Waals surface area contributed by atoms with Crippen LogP contribution in [0.25, 0.3) is 0 Å². The van der Waals surface area contributed by atoms with Gasteiger partial charge >= 0.3 is 0 Å². The first kappa shape index (κ1) is 9.48. The zero-order valence-corrected chi connectivity index (χ0v) is 7.57. The molecule has 0 aliphatic rings. The molecule has 0 saturated carbocycles. The van der Waals surface area contributed by atoms with Crippen LogP contribution in [0.5, 0.6) is 0 Å². The summed E-state index contributed by atoms with van der Waals surface area (Å²) in [6.07, 6.45) is 5.48. The Morgan fingerprint density at radius 3 is 2.30 bits per heavy atom. The summed E-state index contributed by atoms with van der Waals surface area (Å²) in [6, 6.07) is 0. The zero-order valence-electron chi connectivity index (χ0n) is 7.57. The molecule has 0 spiro atoms. The van der Waals surface area contributed by atoms with Gasteiger partial charge in [-0.1, -0.05) is 45.1 Å². The molecule has 0 amide bonds. The molecule has 0 saturated heterocycles. The lowest BCUT2D eigenvalue weighted by Crippen LogP contribution is -2.03. The third-order valence-electron chi connectivity index (χ3n) is 1.73. The first-order chi connectivity index (χ1) is 4.48. The fourth-order valence-electron chi connectivity index (χ4n) is 0.486. The summed E-state index contributed by atoms with van der Waals surface area (Å²) in [5, 5.41) is 0. The van der Waals surface area contributed by atoms with E-state index in [0.29, 0.717) is 5.41 Å². The molecule has 0 atom stereocenters. The first-order valence-corrected chi connectivity index (χ1v) is 3.82. The van der Waals surface area contributed by atoms with Gasteiger partial charge in [0.25, 0.3) is 0 Å². The average molecular weight is 138 g/mol. The number of allylic oxidation sites excluding steroid dienone is 3. The normalized spacial score (nSPS) is 12.4. The van der Waals surface area contributed by atoms with E-state index in [1.165, 1.54) is 6.42 Å². The Labute approximate surface area is 64.6 Å². The fourth-order valence-corrected chi connectivity index (χ4v) is 0.486. The van der Waals surface area contributed by atoms with Crippen molar-refractivity contribution in [1.29, 1.82) is 0 Å². The molecule has 0 heteroatoms. The monoisotopic (exact) mass is 138 g/mol. The lowest BCUT2D eigenvalue weighted by Gasteiger charge is -2.16. The standard InChI is InChI=1S/C10H18/c1-6-10(4,5)8-7-9(2)3/h7-8H,2,6H2,1,3-5H3. The Bertz CT molecular complexity index is 138. The lowest BCUT2D eigenvalue weighted by molar-refractivity contribution is 0.462. The van der Waals surface area contributed by atoms with Gasteiger partial charge in [0.2, 0.25) is 0 Å². The molecule has 0 fully saturated rings. The highest BCUT2D eigenvalue weighted by molar-refractivity contribution is 5.13. The van der Waals surface area contributed by atoms with Gasteiger partial charge in [-0.25, -0.2) is 0 Å². The van der Waals surface area contributed by atoms with Gasteiger partial charge in [0, 0.05) is 0 Å². The van der Waals surface area contributed by atoms with E-state index in [1.54, 1.807) is 0 Å². The van der Waals surface area contributed by atoms with Gasteiger partial charge in [-0.2, -0.15) is 0 Å². The number of rotatable bonds is 3. The summed E-state index contributed by atoms with van der Waals surface area (Å²) in [5.41, 5.74) is 1.46. The van der Waals surface area contributed by atoms with Crippen molar-refractivity contribution < 1.29 is 0 Å². The molecule has 58 valence electrons. The van der Waals surface area contributed by atoms with E-state index in [-0.39, 0.29) is 0 Å². The highest BCUT2D eigenvalue weighted by Crippen LogP contribution is 2.21. The van der Waals surface area contributed by atoms with E-state index in [2.05, 4.69) is 39.5 Å². The van der Waals surface area contributed by atoms with Crippen molar-refractivity contribution in [2.75, 3.05) is 0 Å². The van der Waals surface area contributed by atoms with Crippen LogP contribution >= 0.6 is 0 Å². The highest BCUT2D eigenvalue weighted by atomic mass is 14.1. The fraction of sp³-hybridized carbons (Fsp3) is 0.600. The predicted octanol–water partition coefficient (Wildman–Crippen LogP) is 3.55. The quantitative estimate of drug-likeness (QED) is 0.523. The molecule has 0 unspecified atom stereocenters. The average Bonchev–Trinajstić information content (AvgIpc) is 1.85. The topological polar surface area (TPSA) is 0 Å². The summed E-state index contributed by atoms with van der Waals surface area (Å²) in [5.74, 6) is 0. The Balaban J connectivity index is 3.99. The van der Waals surface area contributed by atoms with Crippen LogP contribution < -0.4 is 0 Å². The summed E-state index contributed by atoms with van der Waals surface area (Å²) in [4.78, 5) is 0. The molecule has 0 aliphatic heterocycles. The van der Waals surface area contributed by atoms with Crippen LogP contribution in [0.1, 0.15) is 34.1 Å². The molecule has 0 N–H and O–H groups in total. The van der Waals surface area contributed by atoms with Gasteiger partial charge in [0.05, 0.1) is 0 Å². The smallest absolute Gasteiger partial charge is 0.0174 e. The molecular formula is C10H18. The third-order valence-corrected chi connectivity index (χ3v) is 1.73. The highest BCUT2D eigenvalue weighted by Gasteiger charge is 2.08. The molecule has 0 radical (unpaired) electrons. The molecule has 0 aromatic rings. The molecule has 10 heavy (non-hydrogen) atoms. The zero-order chi connectivity index (χ0) is 8.20. The predicted molar refractivity (Wildman–Crippen MR) is 48.0 cm³/mol. The van der Waals surface area contributed by atoms with E-state index in [4.69, 9.17) is 0 Å². The Hall–Kier alpha value is -0.520. The maximum Gasteiger partial charge on any atom is -0.0174 e. The summed E-state index contributed by atoms with van der Waals surface area (Å²) < 4.78 is 0. The molecule has 0 bridgehead atoms. The van der Waals surface area contributed by atoms with Crippen LogP contribution in [0.3, 0.4) is 0 Å². The number of hydrogen-bond acceptors (Lipinski definition) is 0. The van der Waals surface area contributed by atoms with E-state index < -0.39 is 0 Å². The molecule has 0 aliphatic carbocycles. The third kappa shape index (κ3) is 4.37. The van der Waals surface area contributed by atoms with Gasteiger partial charge in [0.1, 0.15) is 0 Å². The van der Waals surface area contributed by atoms with E-state index in [9.17, 15) is 0 Å². The number of hydrogen-bond donors (Lipinski definition) is 0. The van der Waals surface area contributed by atoms with Gasteiger partial charge in [-0.3, -0.25) is 0 Å². The van der Waals surface area contributed by atoms with Crippen LogP contribution in [-0.2, 0) is 0 Å². The SMILES string of the molecule is C=C(C)C=CC(C)(C)CC. The van der Waals surface area contributed by atoms with Gasteiger partial charge < -0.3 is 0 Å². The molecule has 0 aromatic carbocycles. The molecule has 0 nitrogen and oxygen atoms in total. The molecule has 0 rings (SSSR count). The Kier molecular flexibility index (Phi) is 3.41. The molecule has 0 aromatic heterocycles. The maximum absolute atomic E-state index is 3.81. The van der Waals surface area contributed by atoms with Crippen molar-refractivity contribution in [3.05, 3.63) is 24.3 Å². The van der Waals surface area contributed by atoms with Crippen LogP contribution in [0, 0.1) is 5.41 Å². The summed E-state index contributed by atoms with van der Waals surface area (Å²) >= 11 is 0. The minimum atomic E-state index is 0.332. The minimum absolute atomic E-state index is 0.332. The molecular weight excluding hydrogens is 120 g/mol. The van der Waals surface area contributed by atoms with Crippen molar-refractivity contribution in [3.63, 3.8) is 0 Å². The summed E-state index contributed by atoms with van der Waals surface area (Å²) in [6.45, 7) is 12.5. The van der Waals surface area contributed by atoms with Crippen LogP contribution in [0.4, 0.5) is 0 Å². The van der Waals surface area contributed by atoms with Gasteiger partial charge in [-0.15, -0.1) is 0 Å². The van der Waals surface area contributed by atoms with E-state index >= 15 is 0 Å². The van der Waals surface area contributed by atoms with E-state index in [0.717, 1.165) is 5.57 Å². The second-order valence-corrected chi connectivity index (χ2v) is 3.52. The Morgan fingerprint density at radius 1 is 1.50 bits per heavy atom. The van der Waals surface area contributed by atoms with E-state index in [1.807, 2.05) is 6.92 Å². The largest absolute Gasteiger partial charge is 0.0961 e. The van der Waals surface area contributed by atoms with Crippen molar-refractivity contribution >= 4 is 0 Å². The lowest BCUT2D eigenvalue weighted by atomic mass is 9.89.